The Labute approximate surface area is 124 Å². The summed E-state index contributed by atoms with van der Waals surface area (Å²) in [6.45, 7) is 1.82. The second-order valence-electron chi connectivity index (χ2n) is 4.43. The molecule has 4 nitrogen and oxygen atoms in total. The lowest BCUT2D eigenvalue weighted by molar-refractivity contribution is 0.252. The van der Waals surface area contributed by atoms with Gasteiger partial charge in [-0.1, -0.05) is 54.6 Å². The van der Waals surface area contributed by atoms with Gasteiger partial charge in [-0.3, -0.25) is 0 Å². The number of allylic oxidation sites excluding steroid dienone is 1. The van der Waals surface area contributed by atoms with Gasteiger partial charge in [-0.25, -0.2) is 10.2 Å². The van der Waals surface area contributed by atoms with Crippen molar-refractivity contribution in [2.45, 2.75) is 6.92 Å². The first-order chi connectivity index (χ1) is 10.2. The van der Waals surface area contributed by atoms with E-state index in [2.05, 4.69) is 15.8 Å². The zero-order chi connectivity index (χ0) is 14.9. The molecule has 0 saturated heterocycles. The van der Waals surface area contributed by atoms with Gasteiger partial charge in [0, 0.05) is 5.69 Å². The van der Waals surface area contributed by atoms with Crippen molar-refractivity contribution in [1.29, 1.82) is 0 Å². The number of urea groups is 1. The van der Waals surface area contributed by atoms with Crippen molar-refractivity contribution in [3.8, 4) is 0 Å². The lowest BCUT2D eigenvalue weighted by atomic mass is 10.2. The van der Waals surface area contributed by atoms with Gasteiger partial charge < -0.3 is 5.32 Å². The fourth-order valence-electron chi connectivity index (χ4n) is 1.64. The van der Waals surface area contributed by atoms with Gasteiger partial charge in [-0.2, -0.15) is 5.10 Å². The monoisotopic (exact) mass is 279 g/mol. The van der Waals surface area contributed by atoms with Crippen molar-refractivity contribution in [3.05, 3.63) is 72.3 Å². The summed E-state index contributed by atoms with van der Waals surface area (Å²) >= 11 is 0. The van der Waals surface area contributed by atoms with Crippen LogP contribution in [0.15, 0.2) is 71.8 Å². The predicted octanol–water partition coefficient (Wildman–Crippen LogP) is 3.90. The maximum absolute atomic E-state index is 11.6. The molecule has 0 atom stereocenters. The first-order valence-electron chi connectivity index (χ1n) is 6.63. The summed E-state index contributed by atoms with van der Waals surface area (Å²) in [6.07, 6.45) is 3.79. The van der Waals surface area contributed by atoms with E-state index in [0.29, 0.717) is 5.71 Å². The molecular formula is C17H17N3O. The molecule has 2 amide bonds. The fraction of sp³-hybridized carbons (Fsp3) is 0.0588. The van der Waals surface area contributed by atoms with Crippen molar-refractivity contribution in [2.75, 3.05) is 5.32 Å². The van der Waals surface area contributed by atoms with E-state index >= 15 is 0 Å². The van der Waals surface area contributed by atoms with Gasteiger partial charge >= 0.3 is 6.03 Å². The van der Waals surface area contributed by atoms with Crippen LogP contribution in [0.25, 0.3) is 6.08 Å². The van der Waals surface area contributed by atoms with Crippen LogP contribution in [0.2, 0.25) is 0 Å². The van der Waals surface area contributed by atoms with Crippen LogP contribution in [-0.2, 0) is 0 Å². The molecule has 0 aliphatic heterocycles. The molecular weight excluding hydrogens is 262 g/mol. The van der Waals surface area contributed by atoms with Gasteiger partial charge in [0.1, 0.15) is 0 Å². The highest BCUT2D eigenvalue weighted by atomic mass is 16.2. The normalized spacial score (nSPS) is 11.4. The van der Waals surface area contributed by atoms with Crippen LogP contribution in [-0.4, -0.2) is 11.7 Å². The van der Waals surface area contributed by atoms with Gasteiger partial charge in [-0.05, 0) is 30.7 Å². The molecule has 21 heavy (non-hydrogen) atoms. The first-order valence-corrected chi connectivity index (χ1v) is 6.63. The Balaban J connectivity index is 1.85. The van der Waals surface area contributed by atoms with Gasteiger partial charge in [0.05, 0.1) is 5.71 Å². The molecule has 0 radical (unpaired) electrons. The van der Waals surface area contributed by atoms with E-state index in [1.54, 1.807) is 0 Å². The number of nitrogens with one attached hydrogen (secondary N) is 2. The quantitative estimate of drug-likeness (QED) is 0.647. The van der Waals surface area contributed by atoms with Crippen LogP contribution in [0.4, 0.5) is 10.5 Å². The Kier molecular flexibility index (Phi) is 5.29. The molecule has 0 fully saturated rings. The third-order valence-electron chi connectivity index (χ3n) is 2.68. The molecule has 0 saturated carbocycles. The molecule has 2 rings (SSSR count). The predicted molar refractivity (Wildman–Crippen MR) is 87.2 cm³/mol. The molecule has 106 valence electrons. The van der Waals surface area contributed by atoms with Crippen molar-refractivity contribution in [3.63, 3.8) is 0 Å². The Morgan fingerprint density at radius 2 is 1.62 bits per heavy atom. The highest BCUT2D eigenvalue weighted by molar-refractivity contribution is 5.97. The summed E-state index contributed by atoms with van der Waals surface area (Å²) in [6, 6.07) is 18.8. The van der Waals surface area contributed by atoms with Gasteiger partial charge in [0.25, 0.3) is 0 Å². The maximum Gasteiger partial charge on any atom is 0.339 e. The van der Waals surface area contributed by atoms with Crippen LogP contribution in [0, 0.1) is 0 Å². The van der Waals surface area contributed by atoms with E-state index in [9.17, 15) is 4.79 Å². The summed E-state index contributed by atoms with van der Waals surface area (Å²) < 4.78 is 0. The molecule has 2 N–H and O–H groups in total. The molecule has 0 unspecified atom stereocenters. The first kappa shape index (κ1) is 14.5. The van der Waals surface area contributed by atoms with E-state index in [1.165, 1.54) is 0 Å². The van der Waals surface area contributed by atoms with Gasteiger partial charge in [-0.15, -0.1) is 0 Å². The van der Waals surface area contributed by atoms with Crippen molar-refractivity contribution >= 4 is 23.5 Å². The number of carbonyl (C=O) groups excluding carboxylic acids is 1. The molecule has 0 spiro atoms. The number of hydrogen-bond donors (Lipinski definition) is 2. The Hall–Kier alpha value is -2.88. The van der Waals surface area contributed by atoms with Crippen LogP contribution >= 0.6 is 0 Å². The summed E-state index contributed by atoms with van der Waals surface area (Å²) in [4.78, 5) is 11.6. The van der Waals surface area contributed by atoms with Crippen molar-refractivity contribution in [1.82, 2.24) is 5.43 Å². The SMILES string of the molecule is CC(/C=C/c1ccccc1)=N\NC(=O)Nc1ccccc1. The third-order valence-corrected chi connectivity index (χ3v) is 2.68. The molecule has 2 aromatic carbocycles. The zero-order valence-electron chi connectivity index (χ0n) is 11.8. The minimum absolute atomic E-state index is 0.367. The Morgan fingerprint density at radius 3 is 2.29 bits per heavy atom. The molecule has 0 aliphatic carbocycles. The lowest BCUT2D eigenvalue weighted by Crippen LogP contribution is -2.24. The third kappa shape index (κ3) is 5.32. The molecule has 4 heteroatoms. The van der Waals surface area contributed by atoms with E-state index in [0.717, 1.165) is 11.3 Å². The summed E-state index contributed by atoms with van der Waals surface area (Å²) in [5.74, 6) is 0. The molecule has 0 heterocycles. The van der Waals surface area contributed by atoms with E-state index < -0.39 is 0 Å². The number of benzene rings is 2. The largest absolute Gasteiger partial charge is 0.339 e. The minimum Gasteiger partial charge on any atom is -0.307 e. The van der Waals surface area contributed by atoms with Crippen molar-refractivity contribution in [2.24, 2.45) is 5.10 Å². The highest BCUT2D eigenvalue weighted by Gasteiger charge is 1.98. The summed E-state index contributed by atoms with van der Waals surface area (Å²) in [5, 5.41) is 6.69. The van der Waals surface area contributed by atoms with Gasteiger partial charge in [0.15, 0.2) is 0 Å². The van der Waals surface area contributed by atoms with Crippen LogP contribution in [0.1, 0.15) is 12.5 Å². The smallest absolute Gasteiger partial charge is 0.307 e. The lowest BCUT2D eigenvalue weighted by Gasteiger charge is -2.03. The number of anilines is 1. The topological polar surface area (TPSA) is 53.5 Å². The fourth-order valence-corrected chi connectivity index (χ4v) is 1.64. The average Bonchev–Trinajstić information content (AvgIpc) is 2.53. The van der Waals surface area contributed by atoms with E-state index in [4.69, 9.17) is 0 Å². The van der Waals surface area contributed by atoms with Crippen molar-refractivity contribution < 1.29 is 4.79 Å². The number of para-hydroxylation sites is 1. The van der Waals surface area contributed by atoms with E-state index in [1.807, 2.05) is 79.7 Å². The minimum atomic E-state index is -0.367. The Bertz CT molecular complexity index is 634. The van der Waals surface area contributed by atoms with Gasteiger partial charge in [0.2, 0.25) is 0 Å². The molecule has 0 aromatic heterocycles. The van der Waals surface area contributed by atoms with Crippen LogP contribution in [0.5, 0.6) is 0 Å². The molecule has 2 aromatic rings. The highest BCUT2D eigenvalue weighted by Crippen LogP contribution is 2.04. The maximum atomic E-state index is 11.6. The zero-order valence-corrected chi connectivity index (χ0v) is 11.8. The number of amides is 2. The molecule has 0 bridgehead atoms. The summed E-state index contributed by atoms with van der Waals surface area (Å²) in [7, 11) is 0. The number of carbonyl (C=O) groups is 1. The van der Waals surface area contributed by atoms with E-state index in [-0.39, 0.29) is 6.03 Å². The number of rotatable bonds is 4. The average molecular weight is 279 g/mol. The standard InChI is InChI=1S/C17H17N3O/c1-14(12-13-15-8-4-2-5-9-15)19-20-17(21)18-16-10-6-3-7-11-16/h2-13H,1H3,(H2,18,20,21)/b13-12+,19-14+. The second-order valence-corrected chi connectivity index (χ2v) is 4.43. The second kappa shape index (κ2) is 7.65. The van der Waals surface area contributed by atoms with Crippen LogP contribution in [0.3, 0.4) is 0 Å². The number of hydrogen-bond acceptors (Lipinski definition) is 2. The number of hydrazone groups is 1. The molecule has 0 aliphatic rings. The number of nitrogens with zero attached hydrogens (tertiary/aromatic N) is 1. The summed E-state index contributed by atoms with van der Waals surface area (Å²) in [5.41, 5.74) is 4.97. The Morgan fingerprint density at radius 1 is 1.00 bits per heavy atom. The van der Waals surface area contributed by atoms with Crippen LogP contribution < -0.4 is 10.7 Å².